The quantitative estimate of drug-likeness (QED) is 0.538. The van der Waals surface area contributed by atoms with E-state index in [1.165, 1.54) is 18.4 Å². The van der Waals surface area contributed by atoms with Crippen molar-refractivity contribution in [2.45, 2.75) is 20.0 Å². The molecule has 7 nitrogen and oxygen atoms in total. The van der Waals surface area contributed by atoms with E-state index in [4.69, 9.17) is 13.6 Å². The molecule has 1 aromatic carbocycles. The fourth-order valence-corrected chi connectivity index (χ4v) is 2.47. The zero-order valence-corrected chi connectivity index (χ0v) is 14.1. The first kappa shape index (κ1) is 17.5. The fraction of sp³-hybridized carbons (Fsp3) is 0.211. The maximum Gasteiger partial charge on any atom is 0.336 e. The molecule has 2 aromatic heterocycles. The van der Waals surface area contributed by atoms with Gasteiger partial charge in [0.25, 0.3) is 5.91 Å². The van der Waals surface area contributed by atoms with Gasteiger partial charge in [-0.15, -0.1) is 0 Å². The summed E-state index contributed by atoms with van der Waals surface area (Å²) in [5.41, 5.74) is 1.52. The van der Waals surface area contributed by atoms with Crippen LogP contribution in [0.15, 0.2) is 56.3 Å². The SMILES string of the molecule is CCc1ccc2c(COC(=O)CNC(=O)c3ccco3)cc(=O)oc2c1. The Morgan fingerprint density at radius 2 is 2.04 bits per heavy atom. The first-order chi connectivity index (χ1) is 12.6. The minimum absolute atomic E-state index is 0.0942. The molecule has 2 heterocycles. The Kier molecular flexibility index (Phi) is 5.17. The Labute approximate surface area is 148 Å². The number of carbonyl (C=O) groups excluding carboxylic acids is 2. The Balaban J connectivity index is 1.64. The third-order valence-corrected chi connectivity index (χ3v) is 3.83. The number of fused-ring (bicyclic) bond motifs is 1. The molecule has 0 aliphatic rings. The molecule has 0 saturated heterocycles. The van der Waals surface area contributed by atoms with Gasteiger partial charge < -0.3 is 18.9 Å². The molecular formula is C19H17NO6. The third-order valence-electron chi connectivity index (χ3n) is 3.83. The summed E-state index contributed by atoms with van der Waals surface area (Å²) in [5, 5.41) is 3.10. The van der Waals surface area contributed by atoms with Crippen LogP contribution in [-0.4, -0.2) is 18.4 Å². The van der Waals surface area contributed by atoms with Crippen molar-refractivity contribution in [3.05, 3.63) is 70.0 Å². The number of rotatable bonds is 6. The Morgan fingerprint density at radius 3 is 2.77 bits per heavy atom. The van der Waals surface area contributed by atoms with Crippen LogP contribution in [0.1, 0.15) is 28.6 Å². The van der Waals surface area contributed by atoms with E-state index in [-0.39, 0.29) is 18.9 Å². The van der Waals surface area contributed by atoms with Gasteiger partial charge in [-0.25, -0.2) is 4.79 Å². The molecule has 7 heteroatoms. The van der Waals surface area contributed by atoms with E-state index in [9.17, 15) is 14.4 Å². The smallest absolute Gasteiger partial charge is 0.336 e. The van der Waals surface area contributed by atoms with Crippen LogP contribution in [0.25, 0.3) is 11.0 Å². The molecule has 134 valence electrons. The van der Waals surface area contributed by atoms with Gasteiger partial charge in [-0.2, -0.15) is 0 Å². The molecule has 0 unspecified atom stereocenters. The van der Waals surface area contributed by atoms with Crippen LogP contribution >= 0.6 is 0 Å². The standard InChI is InChI=1S/C19H17NO6/c1-2-12-5-6-14-13(9-17(21)26-16(14)8-12)11-25-18(22)10-20-19(23)15-4-3-7-24-15/h3-9H,2,10-11H2,1H3,(H,20,23). The molecule has 3 aromatic rings. The van der Waals surface area contributed by atoms with Gasteiger partial charge in [0, 0.05) is 17.0 Å². The normalized spacial score (nSPS) is 10.7. The second-order valence-corrected chi connectivity index (χ2v) is 5.60. The second kappa shape index (κ2) is 7.69. The van der Waals surface area contributed by atoms with E-state index in [0.717, 1.165) is 12.0 Å². The Bertz CT molecular complexity index is 987. The van der Waals surface area contributed by atoms with Crippen LogP contribution in [0, 0.1) is 0 Å². The topological polar surface area (TPSA) is 98.7 Å². The van der Waals surface area contributed by atoms with E-state index in [0.29, 0.717) is 16.5 Å². The van der Waals surface area contributed by atoms with E-state index < -0.39 is 17.5 Å². The van der Waals surface area contributed by atoms with Crippen LogP contribution in [0.3, 0.4) is 0 Å². The van der Waals surface area contributed by atoms with E-state index in [1.54, 1.807) is 12.1 Å². The molecule has 1 amide bonds. The van der Waals surface area contributed by atoms with Crippen LogP contribution < -0.4 is 10.9 Å². The number of hydrogen-bond acceptors (Lipinski definition) is 6. The second-order valence-electron chi connectivity index (χ2n) is 5.60. The highest BCUT2D eigenvalue weighted by molar-refractivity contribution is 5.93. The van der Waals surface area contributed by atoms with Gasteiger partial charge >= 0.3 is 11.6 Å². The van der Waals surface area contributed by atoms with Crippen molar-refractivity contribution >= 4 is 22.8 Å². The largest absolute Gasteiger partial charge is 0.459 e. The monoisotopic (exact) mass is 355 g/mol. The van der Waals surface area contributed by atoms with Crippen LogP contribution in [0.2, 0.25) is 0 Å². The highest BCUT2D eigenvalue weighted by Gasteiger charge is 2.12. The molecule has 0 fully saturated rings. The van der Waals surface area contributed by atoms with Gasteiger partial charge in [0.15, 0.2) is 5.76 Å². The van der Waals surface area contributed by atoms with Crippen molar-refractivity contribution < 1.29 is 23.2 Å². The number of aryl methyl sites for hydroxylation is 1. The summed E-state index contributed by atoms with van der Waals surface area (Å²) in [5.74, 6) is -1.03. The lowest BCUT2D eigenvalue weighted by atomic mass is 10.1. The molecule has 0 radical (unpaired) electrons. The van der Waals surface area contributed by atoms with Crippen molar-refractivity contribution in [3.8, 4) is 0 Å². The molecule has 0 saturated carbocycles. The number of hydrogen-bond donors (Lipinski definition) is 1. The Morgan fingerprint density at radius 1 is 1.19 bits per heavy atom. The lowest BCUT2D eigenvalue weighted by Gasteiger charge is -2.08. The van der Waals surface area contributed by atoms with Gasteiger partial charge in [0.1, 0.15) is 18.7 Å². The zero-order valence-electron chi connectivity index (χ0n) is 14.1. The molecule has 0 spiro atoms. The van der Waals surface area contributed by atoms with Crippen LogP contribution in [0.5, 0.6) is 0 Å². The van der Waals surface area contributed by atoms with Crippen molar-refractivity contribution in [1.82, 2.24) is 5.32 Å². The van der Waals surface area contributed by atoms with E-state index in [1.807, 2.05) is 19.1 Å². The molecule has 0 atom stereocenters. The Hall–Kier alpha value is -3.35. The minimum atomic E-state index is -0.628. The molecular weight excluding hydrogens is 338 g/mol. The fourth-order valence-electron chi connectivity index (χ4n) is 2.47. The van der Waals surface area contributed by atoms with Gasteiger partial charge in [-0.05, 0) is 30.2 Å². The third kappa shape index (κ3) is 4.00. The van der Waals surface area contributed by atoms with Crippen molar-refractivity contribution in [2.75, 3.05) is 6.54 Å². The molecule has 26 heavy (non-hydrogen) atoms. The molecule has 3 rings (SSSR count). The van der Waals surface area contributed by atoms with Crippen LogP contribution in [0.4, 0.5) is 0 Å². The maximum atomic E-state index is 11.8. The number of esters is 1. The predicted molar refractivity (Wildman–Crippen MR) is 92.7 cm³/mol. The lowest BCUT2D eigenvalue weighted by molar-refractivity contribution is -0.143. The summed E-state index contributed by atoms with van der Waals surface area (Å²) in [4.78, 5) is 35.3. The number of furan rings is 1. The minimum Gasteiger partial charge on any atom is -0.459 e. The molecule has 0 aliphatic heterocycles. The highest BCUT2D eigenvalue weighted by atomic mass is 16.5. The lowest BCUT2D eigenvalue weighted by Crippen LogP contribution is -2.30. The number of benzene rings is 1. The summed E-state index contributed by atoms with van der Waals surface area (Å²) in [6.07, 6.45) is 2.18. The van der Waals surface area contributed by atoms with Gasteiger partial charge in [-0.3, -0.25) is 9.59 Å². The highest BCUT2D eigenvalue weighted by Crippen LogP contribution is 2.19. The van der Waals surface area contributed by atoms with Crippen molar-refractivity contribution in [1.29, 1.82) is 0 Å². The maximum absolute atomic E-state index is 11.8. The van der Waals surface area contributed by atoms with Gasteiger partial charge in [-0.1, -0.05) is 19.1 Å². The summed E-state index contributed by atoms with van der Waals surface area (Å²) in [6, 6.07) is 9.91. The van der Waals surface area contributed by atoms with E-state index >= 15 is 0 Å². The van der Waals surface area contributed by atoms with Gasteiger partial charge in [0.05, 0.1) is 6.26 Å². The molecule has 1 N–H and O–H groups in total. The number of carbonyl (C=O) groups is 2. The zero-order chi connectivity index (χ0) is 18.5. The first-order valence-electron chi connectivity index (χ1n) is 8.10. The number of ether oxygens (including phenoxy) is 1. The van der Waals surface area contributed by atoms with E-state index in [2.05, 4.69) is 5.32 Å². The predicted octanol–water partition coefficient (Wildman–Crippen LogP) is 2.42. The summed E-state index contributed by atoms with van der Waals surface area (Å²) in [6.45, 7) is 1.60. The van der Waals surface area contributed by atoms with Crippen molar-refractivity contribution in [2.24, 2.45) is 0 Å². The first-order valence-corrected chi connectivity index (χ1v) is 8.10. The summed E-state index contributed by atoms with van der Waals surface area (Å²) in [7, 11) is 0. The van der Waals surface area contributed by atoms with Gasteiger partial charge in [0.2, 0.25) is 0 Å². The average Bonchev–Trinajstić information content (AvgIpc) is 3.18. The molecule has 0 bridgehead atoms. The number of nitrogens with one attached hydrogen (secondary N) is 1. The van der Waals surface area contributed by atoms with Crippen LogP contribution in [-0.2, 0) is 22.6 Å². The molecule has 0 aliphatic carbocycles. The average molecular weight is 355 g/mol. The van der Waals surface area contributed by atoms with Crippen molar-refractivity contribution in [3.63, 3.8) is 0 Å². The summed E-state index contributed by atoms with van der Waals surface area (Å²) >= 11 is 0. The summed E-state index contributed by atoms with van der Waals surface area (Å²) < 4.78 is 15.3. The number of amides is 1.